The predicted molar refractivity (Wildman–Crippen MR) is 179 cm³/mol. The highest BCUT2D eigenvalue weighted by molar-refractivity contribution is 6.34. The number of amides is 1. The number of carbonyl (C=O) groups is 1. The molecule has 0 spiro atoms. The van der Waals surface area contributed by atoms with E-state index in [9.17, 15) is 10.1 Å². The van der Waals surface area contributed by atoms with Gasteiger partial charge in [0.2, 0.25) is 18.3 Å². The van der Waals surface area contributed by atoms with Crippen LogP contribution >= 0.6 is 11.6 Å². The Kier molecular flexibility index (Phi) is 7.20. The summed E-state index contributed by atoms with van der Waals surface area (Å²) >= 11 is 7.15. The van der Waals surface area contributed by atoms with Gasteiger partial charge in [-0.2, -0.15) is 5.26 Å². The summed E-state index contributed by atoms with van der Waals surface area (Å²) in [5.74, 6) is 1.52. The zero-order chi connectivity index (χ0) is 31.6. The minimum absolute atomic E-state index is 0.00250. The van der Waals surface area contributed by atoms with Crippen LogP contribution in [0.5, 0.6) is 5.88 Å². The molecule has 1 saturated carbocycles. The lowest BCUT2D eigenvalue weighted by Crippen LogP contribution is -2.56. The molecule has 8 nitrogen and oxygen atoms in total. The van der Waals surface area contributed by atoms with E-state index in [0.717, 1.165) is 67.6 Å². The first-order valence-corrected chi connectivity index (χ1v) is 16.9. The molecule has 5 aliphatic rings. The average Bonchev–Trinajstić information content (AvgIpc) is 3.35. The zero-order valence-electron chi connectivity index (χ0n) is 26.0. The summed E-state index contributed by atoms with van der Waals surface area (Å²) in [6.07, 6.45) is 8.18. The number of piperazine rings is 1. The van der Waals surface area contributed by atoms with E-state index in [2.05, 4.69) is 51.6 Å². The van der Waals surface area contributed by atoms with Gasteiger partial charge < -0.3 is 19.4 Å². The molecule has 3 aliphatic heterocycles. The van der Waals surface area contributed by atoms with E-state index in [1.807, 2.05) is 6.07 Å². The largest absolute Gasteiger partial charge is 0.475 e. The van der Waals surface area contributed by atoms with Crippen molar-refractivity contribution in [1.82, 2.24) is 14.8 Å². The molecular formula is C37H37ClN6O2. The molecule has 3 atom stereocenters. The molecule has 46 heavy (non-hydrogen) atoms. The van der Waals surface area contributed by atoms with Gasteiger partial charge in [0.05, 0.1) is 16.7 Å². The predicted octanol–water partition coefficient (Wildman–Crippen LogP) is 6.22. The number of rotatable bonds is 7. The van der Waals surface area contributed by atoms with E-state index in [4.69, 9.17) is 27.9 Å². The summed E-state index contributed by atoms with van der Waals surface area (Å²) in [5.41, 5.74) is 6.78. The number of ether oxygens (including phenoxy) is 1. The highest BCUT2D eigenvalue weighted by atomic mass is 35.5. The van der Waals surface area contributed by atoms with Crippen LogP contribution in [0.25, 0.3) is 26.9 Å². The average molecular weight is 633 g/mol. The van der Waals surface area contributed by atoms with Crippen LogP contribution in [0.15, 0.2) is 43.0 Å². The van der Waals surface area contributed by atoms with Gasteiger partial charge in [0, 0.05) is 35.6 Å². The Bertz CT molecular complexity index is 1850. The van der Waals surface area contributed by atoms with Crippen molar-refractivity contribution in [3.63, 3.8) is 0 Å². The Hall–Kier alpha value is -4.11. The maximum absolute atomic E-state index is 12.7. The standard InChI is InChI=1S/C37H37ClN6O2/c1-3-33(45)44-14-13-42(21-25(44)20-40-2)35-29-17-31(38)28(26-8-4-7-23-15-24-16-27(24)34(23)26)18-32(29)41-36(30(35)19-39)46-22-37-9-5-11-43(37)12-6-10-37/h3-4,7-8,17-18,24-25,27H,1,5-6,9-16,20-22H2/t24?,25-,27?/m0/s1. The maximum Gasteiger partial charge on any atom is 0.246 e. The molecule has 9 heteroatoms. The van der Waals surface area contributed by atoms with Gasteiger partial charge in [-0.25, -0.2) is 11.6 Å². The van der Waals surface area contributed by atoms with Gasteiger partial charge in [0.15, 0.2) is 0 Å². The number of nitriles is 1. The number of benzene rings is 2. The number of fused-ring (bicyclic) bond motifs is 5. The van der Waals surface area contributed by atoms with Gasteiger partial charge in [0.1, 0.15) is 24.3 Å². The van der Waals surface area contributed by atoms with Crippen LogP contribution in [0.3, 0.4) is 0 Å². The molecule has 3 saturated heterocycles. The second kappa shape index (κ2) is 11.3. The summed E-state index contributed by atoms with van der Waals surface area (Å²) in [4.78, 5) is 27.8. The Morgan fingerprint density at radius 2 is 2.04 bits per heavy atom. The van der Waals surface area contributed by atoms with Crippen LogP contribution in [0.4, 0.5) is 5.69 Å². The molecule has 234 valence electrons. The van der Waals surface area contributed by atoms with Crippen molar-refractivity contribution in [1.29, 1.82) is 5.26 Å². The molecule has 4 heterocycles. The maximum atomic E-state index is 12.7. The summed E-state index contributed by atoms with van der Waals surface area (Å²) in [5, 5.41) is 12.1. The fraction of sp³-hybridized carbons (Fsp3) is 0.459. The highest BCUT2D eigenvalue weighted by Crippen LogP contribution is 2.59. The van der Waals surface area contributed by atoms with Crippen molar-refractivity contribution >= 4 is 34.1 Å². The van der Waals surface area contributed by atoms with Crippen LogP contribution in [0.2, 0.25) is 5.02 Å². The van der Waals surface area contributed by atoms with Crippen molar-refractivity contribution in [3.8, 4) is 23.1 Å². The molecule has 2 aliphatic carbocycles. The first-order chi connectivity index (χ1) is 22.4. The van der Waals surface area contributed by atoms with E-state index < -0.39 is 0 Å². The molecule has 8 rings (SSSR count). The number of aromatic nitrogens is 1. The molecule has 3 aromatic rings. The quantitative estimate of drug-likeness (QED) is 0.228. The molecule has 1 amide bonds. The molecule has 0 N–H and O–H groups in total. The lowest BCUT2D eigenvalue weighted by molar-refractivity contribution is -0.128. The molecule has 2 unspecified atom stereocenters. The number of hydrogen-bond acceptors (Lipinski definition) is 6. The van der Waals surface area contributed by atoms with Gasteiger partial charge in [-0.1, -0.05) is 36.4 Å². The van der Waals surface area contributed by atoms with E-state index in [0.29, 0.717) is 54.3 Å². The van der Waals surface area contributed by atoms with Gasteiger partial charge in [-0.05, 0) is 98.3 Å². The minimum atomic E-state index is -0.339. The molecular weight excluding hydrogens is 596 g/mol. The van der Waals surface area contributed by atoms with Crippen molar-refractivity contribution in [3.05, 3.63) is 76.1 Å². The van der Waals surface area contributed by atoms with Gasteiger partial charge in [0.25, 0.3) is 0 Å². The fourth-order valence-corrected chi connectivity index (χ4v) is 9.21. The molecule has 4 fully saturated rings. The SMILES string of the molecule is [C-]#[N+]C[C@H]1CN(c2c(C#N)c(OCC34CCCN3CCC4)nc3cc(-c4cccc5c4C4CC4C5)c(Cl)cc23)CCN1C(=O)C=C. The smallest absolute Gasteiger partial charge is 0.246 e. The number of pyridine rings is 1. The van der Waals surface area contributed by atoms with Crippen molar-refractivity contribution in [2.45, 2.75) is 56.0 Å². The monoisotopic (exact) mass is 632 g/mol. The number of anilines is 1. The number of carbonyl (C=O) groups excluding carboxylic acids is 1. The Labute approximate surface area is 275 Å². The van der Waals surface area contributed by atoms with Crippen LogP contribution in [0.1, 0.15) is 54.7 Å². The normalized spacial score (nSPS) is 24.2. The van der Waals surface area contributed by atoms with Crippen LogP contribution in [-0.2, 0) is 11.2 Å². The number of halogens is 1. The minimum Gasteiger partial charge on any atom is -0.475 e. The number of hydrogen-bond donors (Lipinski definition) is 0. The van der Waals surface area contributed by atoms with Gasteiger partial charge in [-0.15, -0.1) is 0 Å². The molecule has 1 aromatic heterocycles. The summed E-state index contributed by atoms with van der Waals surface area (Å²) in [6.45, 7) is 15.4. The summed E-state index contributed by atoms with van der Waals surface area (Å²) in [7, 11) is 0. The third-order valence-corrected chi connectivity index (χ3v) is 11.5. The Morgan fingerprint density at radius 1 is 1.22 bits per heavy atom. The summed E-state index contributed by atoms with van der Waals surface area (Å²) in [6, 6.07) is 12.7. The first kappa shape index (κ1) is 29.3. The van der Waals surface area contributed by atoms with Crippen LogP contribution < -0.4 is 9.64 Å². The van der Waals surface area contributed by atoms with Crippen LogP contribution in [0, 0.1) is 23.8 Å². The Balaban J connectivity index is 1.26. The highest BCUT2D eigenvalue weighted by Gasteiger charge is 2.47. The van der Waals surface area contributed by atoms with Crippen LogP contribution in [-0.4, -0.2) is 78.1 Å². The van der Waals surface area contributed by atoms with Crippen molar-refractivity contribution in [2.24, 2.45) is 5.92 Å². The van der Waals surface area contributed by atoms with E-state index >= 15 is 0 Å². The summed E-state index contributed by atoms with van der Waals surface area (Å²) < 4.78 is 6.62. The van der Waals surface area contributed by atoms with E-state index in [1.165, 1.54) is 29.2 Å². The Morgan fingerprint density at radius 3 is 2.80 bits per heavy atom. The van der Waals surface area contributed by atoms with Gasteiger partial charge in [-0.3, -0.25) is 9.69 Å². The second-order valence-corrected chi connectivity index (χ2v) is 14.1. The molecule has 2 aromatic carbocycles. The third kappa shape index (κ3) is 4.65. The van der Waals surface area contributed by atoms with Crippen molar-refractivity contribution in [2.75, 3.05) is 50.8 Å². The first-order valence-electron chi connectivity index (χ1n) is 16.5. The molecule has 0 bridgehead atoms. The van der Waals surface area contributed by atoms with E-state index in [-0.39, 0.29) is 24.0 Å². The van der Waals surface area contributed by atoms with E-state index in [1.54, 1.807) is 4.90 Å². The van der Waals surface area contributed by atoms with Crippen molar-refractivity contribution < 1.29 is 9.53 Å². The fourth-order valence-electron chi connectivity index (χ4n) is 8.95. The lowest BCUT2D eigenvalue weighted by atomic mass is 9.93. The second-order valence-electron chi connectivity index (χ2n) is 13.7. The van der Waals surface area contributed by atoms with Gasteiger partial charge >= 0.3 is 0 Å². The zero-order valence-corrected chi connectivity index (χ0v) is 26.7. The lowest BCUT2D eigenvalue weighted by Gasteiger charge is -2.40. The number of nitrogens with zero attached hydrogens (tertiary/aromatic N) is 6. The molecule has 0 radical (unpaired) electrons. The topological polar surface area (TPSA) is 77.1 Å². The third-order valence-electron chi connectivity index (χ3n) is 11.2.